The average molecular weight is 332 g/mol. The van der Waals surface area contributed by atoms with Gasteiger partial charge in [-0.1, -0.05) is 47.7 Å². The maximum Gasteiger partial charge on any atom is 0.186 e. The van der Waals surface area contributed by atoms with Crippen LogP contribution in [-0.4, -0.2) is 26.7 Å². The molecule has 0 saturated carbocycles. The lowest BCUT2D eigenvalue weighted by Crippen LogP contribution is -2.15. The second-order valence-corrected chi connectivity index (χ2v) is 8.21. The molecule has 114 valence electrons. The van der Waals surface area contributed by atoms with Gasteiger partial charge < -0.3 is 4.90 Å². The topological polar surface area (TPSA) is 50.3 Å². The molecule has 2 aromatic carbocycles. The van der Waals surface area contributed by atoms with Crippen LogP contribution in [0.4, 0.5) is 5.13 Å². The Labute approximate surface area is 134 Å². The van der Waals surface area contributed by atoms with Crippen LogP contribution in [0, 0.1) is 0 Å². The van der Waals surface area contributed by atoms with Gasteiger partial charge in [0.05, 0.1) is 9.60 Å². The van der Waals surface area contributed by atoms with E-state index in [1.165, 1.54) is 23.2 Å². The summed E-state index contributed by atoms with van der Waals surface area (Å²) in [5.41, 5.74) is 1.75. The fourth-order valence-corrected chi connectivity index (χ4v) is 4.15. The summed E-state index contributed by atoms with van der Waals surface area (Å²) >= 11 is 1.51. The van der Waals surface area contributed by atoms with Crippen molar-refractivity contribution in [2.24, 2.45) is 0 Å². The van der Waals surface area contributed by atoms with Crippen LogP contribution in [0.25, 0.3) is 10.2 Å². The van der Waals surface area contributed by atoms with Gasteiger partial charge in [0.25, 0.3) is 0 Å². The largest absolute Gasteiger partial charge is 0.347 e. The van der Waals surface area contributed by atoms with Crippen LogP contribution in [0.5, 0.6) is 0 Å². The van der Waals surface area contributed by atoms with E-state index in [0.29, 0.717) is 10.4 Å². The molecular weight excluding hydrogens is 316 g/mol. The first kappa shape index (κ1) is 15.0. The average Bonchev–Trinajstić information content (AvgIpc) is 2.91. The summed E-state index contributed by atoms with van der Waals surface area (Å²) in [6, 6.07) is 15.4. The van der Waals surface area contributed by atoms with Gasteiger partial charge in [0, 0.05) is 19.8 Å². The predicted molar refractivity (Wildman–Crippen MR) is 91.3 cm³/mol. The highest BCUT2D eigenvalue weighted by molar-refractivity contribution is 7.91. The Hall–Kier alpha value is -1.92. The number of para-hydroxylation sites is 1. The van der Waals surface area contributed by atoms with Crippen LogP contribution in [0.15, 0.2) is 53.4 Å². The molecule has 0 N–H and O–H groups in total. The monoisotopic (exact) mass is 332 g/mol. The number of aromatic nitrogens is 1. The van der Waals surface area contributed by atoms with Crippen LogP contribution < -0.4 is 4.90 Å². The summed E-state index contributed by atoms with van der Waals surface area (Å²) in [7, 11) is -1.31. The van der Waals surface area contributed by atoms with Gasteiger partial charge >= 0.3 is 0 Å². The van der Waals surface area contributed by atoms with Crippen molar-refractivity contribution in [2.75, 3.05) is 18.2 Å². The van der Waals surface area contributed by atoms with Gasteiger partial charge in [0.2, 0.25) is 0 Å². The fourth-order valence-electron chi connectivity index (χ4n) is 2.30. The van der Waals surface area contributed by atoms with Gasteiger partial charge in [-0.3, -0.25) is 0 Å². The fraction of sp³-hybridized carbons (Fsp3) is 0.188. The second-order valence-electron chi connectivity index (χ2n) is 5.21. The van der Waals surface area contributed by atoms with E-state index in [9.17, 15) is 8.42 Å². The Balaban J connectivity index is 1.99. The van der Waals surface area contributed by atoms with E-state index in [0.717, 1.165) is 16.4 Å². The third kappa shape index (κ3) is 2.98. The molecule has 0 fully saturated rings. The first-order valence-electron chi connectivity index (χ1n) is 6.80. The molecule has 3 rings (SSSR count). The molecule has 0 saturated heterocycles. The Morgan fingerprint density at radius 3 is 2.50 bits per heavy atom. The van der Waals surface area contributed by atoms with E-state index in [2.05, 4.69) is 17.1 Å². The highest BCUT2D eigenvalue weighted by Crippen LogP contribution is 2.32. The van der Waals surface area contributed by atoms with Crippen molar-refractivity contribution in [3.05, 3.63) is 54.1 Å². The van der Waals surface area contributed by atoms with E-state index >= 15 is 0 Å². The smallest absolute Gasteiger partial charge is 0.186 e. The molecule has 0 unspecified atom stereocenters. The van der Waals surface area contributed by atoms with Crippen molar-refractivity contribution < 1.29 is 8.42 Å². The van der Waals surface area contributed by atoms with Gasteiger partial charge in [-0.25, -0.2) is 13.4 Å². The number of hydrogen-bond acceptors (Lipinski definition) is 5. The quantitative estimate of drug-likeness (QED) is 0.735. The van der Waals surface area contributed by atoms with Crippen molar-refractivity contribution in [3.8, 4) is 0 Å². The molecule has 0 aliphatic rings. The standard InChI is InChI=1S/C16H16N2O2S2/c1-18(11-12-7-4-3-5-8-12)16-17-15-13(21-16)9-6-10-14(15)22(2,19)20/h3-10H,11H2,1-2H3. The Kier molecular flexibility index (Phi) is 3.88. The van der Waals surface area contributed by atoms with E-state index in [-0.39, 0.29) is 0 Å². The van der Waals surface area contributed by atoms with Gasteiger partial charge in [0.15, 0.2) is 15.0 Å². The van der Waals surface area contributed by atoms with Crippen molar-refractivity contribution in [1.82, 2.24) is 4.98 Å². The summed E-state index contributed by atoms with van der Waals surface area (Å²) in [6.45, 7) is 0.731. The maximum absolute atomic E-state index is 11.9. The van der Waals surface area contributed by atoms with Gasteiger partial charge in [0.1, 0.15) is 5.52 Å². The zero-order valence-corrected chi connectivity index (χ0v) is 14.0. The highest BCUT2D eigenvalue weighted by Gasteiger charge is 2.17. The summed E-state index contributed by atoms with van der Waals surface area (Å²) in [5.74, 6) is 0. The van der Waals surface area contributed by atoms with Crippen LogP contribution >= 0.6 is 11.3 Å². The van der Waals surface area contributed by atoms with Crippen LogP contribution in [0.3, 0.4) is 0 Å². The number of hydrogen-bond donors (Lipinski definition) is 0. The number of rotatable bonds is 4. The maximum atomic E-state index is 11.9. The first-order valence-corrected chi connectivity index (χ1v) is 9.50. The van der Waals surface area contributed by atoms with Crippen molar-refractivity contribution >= 4 is 36.5 Å². The van der Waals surface area contributed by atoms with Crippen molar-refractivity contribution in [2.45, 2.75) is 11.4 Å². The third-order valence-electron chi connectivity index (χ3n) is 3.36. The Morgan fingerprint density at radius 2 is 1.82 bits per heavy atom. The molecule has 0 amide bonds. The lowest BCUT2D eigenvalue weighted by atomic mass is 10.2. The van der Waals surface area contributed by atoms with E-state index in [4.69, 9.17) is 0 Å². The Morgan fingerprint density at radius 1 is 1.09 bits per heavy atom. The van der Waals surface area contributed by atoms with E-state index < -0.39 is 9.84 Å². The highest BCUT2D eigenvalue weighted by atomic mass is 32.2. The van der Waals surface area contributed by atoms with Crippen LogP contribution in [0.2, 0.25) is 0 Å². The number of fused-ring (bicyclic) bond motifs is 1. The SMILES string of the molecule is CN(Cc1ccccc1)c1nc2c(S(C)(=O)=O)cccc2s1. The molecule has 22 heavy (non-hydrogen) atoms. The summed E-state index contributed by atoms with van der Waals surface area (Å²) in [4.78, 5) is 6.87. The van der Waals surface area contributed by atoms with Crippen molar-refractivity contribution in [1.29, 1.82) is 0 Å². The first-order chi connectivity index (χ1) is 10.4. The molecule has 4 nitrogen and oxygen atoms in total. The van der Waals surface area contributed by atoms with Crippen molar-refractivity contribution in [3.63, 3.8) is 0 Å². The molecule has 0 aliphatic carbocycles. The number of thiazole rings is 1. The molecule has 0 radical (unpaired) electrons. The molecule has 0 spiro atoms. The lowest BCUT2D eigenvalue weighted by molar-refractivity contribution is 0.602. The Bertz CT molecular complexity index is 902. The van der Waals surface area contributed by atoms with Gasteiger partial charge in [-0.2, -0.15) is 0 Å². The van der Waals surface area contributed by atoms with Crippen LogP contribution in [0.1, 0.15) is 5.56 Å². The molecule has 0 bridgehead atoms. The molecule has 3 aromatic rings. The zero-order chi connectivity index (χ0) is 15.7. The molecule has 0 aliphatic heterocycles. The minimum absolute atomic E-state index is 0.292. The number of nitrogens with zero attached hydrogens (tertiary/aromatic N) is 2. The minimum atomic E-state index is -3.28. The third-order valence-corrected chi connectivity index (χ3v) is 5.62. The predicted octanol–water partition coefficient (Wildman–Crippen LogP) is 3.34. The van der Waals surface area contributed by atoms with E-state index in [1.54, 1.807) is 12.1 Å². The number of sulfone groups is 1. The molecule has 1 aromatic heterocycles. The summed E-state index contributed by atoms with van der Waals surface area (Å²) in [6.07, 6.45) is 1.22. The zero-order valence-electron chi connectivity index (χ0n) is 12.4. The minimum Gasteiger partial charge on any atom is -0.347 e. The van der Waals surface area contributed by atoms with Gasteiger partial charge in [-0.05, 0) is 17.7 Å². The molecule has 1 heterocycles. The van der Waals surface area contributed by atoms with Gasteiger partial charge in [-0.15, -0.1) is 0 Å². The summed E-state index contributed by atoms with van der Waals surface area (Å²) < 4.78 is 24.6. The normalized spacial score (nSPS) is 11.7. The number of anilines is 1. The molecule has 0 atom stereocenters. The summed E-state index contributed by atoms with van der Waals surface area (Å²) in [5, 5.41) is 0.815. The lowest BCUT2D eigenvalue weighted by Gasteiger charge is -2.15. The van der Waals surface area contributed by atoms with Crippen LogP contribution in [-0.2, 0) is 16.4 Å². The second kappa shape index (κ2) is 5.70. The molecule has 6 heteroatoms. The van der Waals surface area contributed by atoms with E-state index in [1.807, 2.05) is 36.2 Å². The number of benzene rings is 2. The molecular formula is C16H16N2O2S2.